The SMILES string of the molecule is COC(C)(CCC1CCCCC1=O)OO. The Labute approximate surface area is 90.5 Å². The summed E-state index contributed by atoms with van der Waals surface area (Å²) in [5, 5.41) is 8.67. The first-order valence-corrected chi connectivity index (χ1v) is 5.52. The lowest BCUT2D eigenvalue weighted by Crippen LogP contribution is -2.31. The van der Waals surface area contributed by atoms with Crippen molar-refractivity contribution in [1.82, 2.24) is 0 Å². The van der Waals surface area contributed by atoms with E-state index >= 15 is 0 Å². The Hall–Kier alpha value is -0.450. The van der Waals surface area contributed by atoms with Crippen molar-refractivity contribution in [3.8, 4) is 0 Å². The van der Waals surface area contributed by atoms with Crippen LogP contribution in [0.15, 0.2) is 0 Å². The molecule has 0 aromatic carbocycles. The Balaban J connectivity index is 2.37. The van der Waals surface area contributed by atoms with Gasteiger partial charge in [0.05, 0.1) is 0 Å². The maximum atomic E-state index is 11.5. The normalized spacial score (nSPS) is 26.3. The van der Waals surface area contributed by atoms with Crippen LogP contribution in [-0.4, -0.2) is 23.9 Å². The van der Waals surface area contributed by atoms with Crippen LogP contribution in [0.4, 0.5) is 0 Å². The summed E-state index contributed by atoms with van der Waals surface area (Å²) in [6, 6.07) is 0. The van der Waals surface area contributed by atoms with E-state index < -0.39 is 5.79 Å². The molecule has 2 atom stereocenters. The lowest BCUT2D eigenvalue weighted by molar-refractivity contribution is -0.394. The van der Waals surface area contributed by atoms with Gasteiger partial charge in [-0.1, -0.05) is 6.42 Å². The van der Waals surface area contributed by atoms with Crippen molar-refractivity contribution in [2.24, 2.45) is 5.92 Å². The molecule has 4 nitrogen and oxygen atoms in total. The highest BCUT2D eigenvalue weighted by Gasteiger charge is 2.29. The second-order valence-electron chi connectivity index (χ2n) is 4.38. The molecule has 1 rings (SSSR count). The molecule has 1 aliphatic rings. The van der Waals surface area contributed by atoms with Crippen molar-refractivity contribution in [3.63, 3.8) is 0 Å². The number of hydrogen-bond donors (Lipinski definition) is 1. The molecule has 4 heteroatoms. The Morgan fingerprint density at radius 1 is 1.53 bits per heavy atom. The molecule has 15 heavy (non-hydrogen) atoms. The highest BCUT2D eigenvalue weighted by atomic mass is 17.1. The van der Waals surface area contributed by atoms with Crippen LogP contribution in [0.2, 0.25) is 0 Å². The van der Waals surface area contributed by atoms with Gasteiger partial charge in [0.15, 0.2) is 5.79 Å². The minimum absolute atomic E-state index is 0.128. The third-order valence-corrected chi connectivity index (χ3v) is 3.25. The van der Waals surface area contributed by atoms with Crippen LogP contribution >= 0.6 is 0 Å². The second-order valence-corrected chi connectivity index (χ2v) is 4.38. The topological polar surface area (TPSA) is 55.8 Å². The largest absolute Gasteiger partial charge is 0.351 e. The van der Waals surface area contributed by atoms with Gasteiger partial charge in [-0.05, 0) is 26.2 Å². The van der Waals surface area contributed by atoms with Crippen LogP contribution in [0.1, 0.15) is 45.4 Å². The minimum atomic E-state index is -0.974. The number of Topliss-reactive ketones (excluding diaryl/α,β-unsaturated/α-hetero) is 1. The van der Waals surface area contributed by atoms with E-state index in [9.17, 15) is 4.79 Å². The molecule has 1 aliphatic carbocycles. The standard InChI is InChI=1S/C11H20O4/c1-11(14-2,15-13)8-7-9-5-3-4-6-10(9)12/h9,13H,3-8H2,1-2H3. The van der Waals surface area contributed by atoms with Gasteiger partial charge in [0, 0.05) is 25.9 Å². The van der Waals surface area contributed by atoms with E-state index in [-0.39, 0.29) is 5.92 Å². The number of ketones is 1. The molecule has 0 aromatic heterocycles. The van der Waals surface area contributed by atoms with Crippen LogP contribution in [0, 0.1) is 5.92 Å². The van der Waals surface area contributed by atoms with E-state index in [4.69, 9.17) is 9.99 Å². The van der Waals surface area contributed by atoms with E-state index in [0.29, 0.717) is 18.6 Å². The molecule has 1 fully saturated rings. The lowest BCUT2D eigenvalue weighted by Gasteiger charge is -2.27. The Morgan fingerprint density at radius 3 is 2.80 bits per heavy atom. The van der Waals surface area contributed by atoms with Crippen LogP contribution in [0.5, 0.6) is 0 Å². The fourth-order valence-electron chi connectivity index (χ4n) is 1.98. The van der Waals surface area contributed by atoms with Gasteiger partial charge in [0.25, 0.3) is 0 Å². The zero-order chi connectivity index (χ0) is 11.3. The number of carbonyl (C=O) groups is 1. The molecule has 0 bridgehead atoms. The van der Waals surface area contributed by atoms with Crippen molar-refractivity contribution in [3.05, 3.63) is 0 Å². The van der Waals surface area contributed by atoms with Crippen molar-refractivity contribution >= 4 is 5.78 Å². The predicted octanol–water partition coefficient (Wildman–Crippen LogP) is 2.38. The van der Waals surface area contributed by atoms with Gasteiger partial charge in [0.1, 0.15) is 5.78 Å². The number of rotatable bonds is 5. The summed E-state index contributed by atoms with van der Waals surface area (Å²) < 4.78 is 5.03. The fourth-order valence-corrected chi connectivity index (χ4v) is 1.98. The first kappa shape index (κ1) is 12.6. The van der Waals surface area contributed by atoms with Crippen molar-refractivity contribution in [2.45, 2.75) is 51.2 Å². The minimum Gasteiger partial charge on any atom is -0.351 e. The number of ether oxygens (including phenoxy) is 1. The molecular formula is C11H20O4. The summed E-state index contributed by atoms with van der Waals surface area (Å²) in [4.78, 5) is 15.8. The zero-order valence-corrected chi connectivity index (χ0v) is 9.49. The van der Waals surface area contributed by atoms with Gasteiger partial charge in [-0.25, -0.2) is 10.1 Å². The third kappa shape index (κ3) is 3.55. The third-order valence-electron chi connectivity index (χ3n) is 3.25. The van der Waals surface area contributed by atoms with Crippen LogP contribution in [0.25, 0.3) is 0 Å². The Bertz CT molecular complexity index is 211. The second kappa shape index (κ2) is 5.58. The van der Waals surface area contributed by atoms with Crippen molar-refractivity contribution < 1.29 is 19.7 Å². The van der Waals surface area contributed by atoms with Gasteiger partial charge >= 0.3 is 0 Å². The molecule has 1 N–H and O–H groups in total. The molecule has 0 aromatic rings. The number of carbonyl (C=O) groups excluding carboxylic acids is 1. The van der Waals surface area contributed by atoms with Gasteiger partial charge in [-0.15, -0.1) is 0 Å². The summed E-state index contributed by atoms with van der Waals surface area (Å²) in [7, 11) is 1.49. The number of hydrogen-bond acceptors (Lipinski definition) is 4. The molecule has 1 saturated carbocycles. The maximum Gasteiger partial charge on any atom is 0.198 e. The average Bonchev–Trinajstić information content (AvgIpc) is 2.28. The fraction of sp³-hybridized carbons (Fsp3) is 0.909. The molecular weight excluding hydrogens is 196 g/mol. The number of methoxy groups -OCH3 is 1. The van der Waals surface area contributed by atoms with E-state index in [0.717, 1.165) is 25.7 Å². The molecule has 0 aliphatic heterocycles. The van der Waals surface area contributed by atoms with Gasteiger partial charge in [-0.2, -0.15) is 0 Å². The summed E-state index contributed by atoms with van der Waals surface area (Å²) in [5.74, 6) is -0.501. The molecule has 0 saturated heterocycles. The van der Waals surface area contributed by atoms with Crippen molar-refractivity contribution in [2.75, 3.05) is 7.11 Å². The smallest absolute Gasteiger partial charge is 0.198 e. The monoisotopic (exact) mass is 216 g/mol. The lowest BCUT2D eigenvalue weighted by atomic mass is 9.84. The summed E-state index contributed by atoms with van der Waals surface area (Å²) >= 11 is 0. The highest BCUT2D eigenvalue weighted by Crippen LogP contribution is 2.28. The van der Waals surface area contributed by atoms with Crippen LogP contribution < -0.4 is 0 Å². The summed E-state index contributed by atoms with van der Waals surface area (Å²) in [6.07, 6.45) is 5.08. The molecule has 88 valence electrons. The predicted molar refractivity (Wildman–Crippen MR) is 55.3 cm³/mol. The molecule has 0 heterocycles. The first-order chi connectivity index (χ1) is 7.11. The van der Waals surface area contributed by atoms with Crippen LogP contribution in [0.3, 0.4) is 0 Å². The van der Waals surface area contributed by atoms with Gasteiger partial charge in [-0.3, -0.25) is 4.79 Å². The molecule has 2 unspecified atom stereocenters. The van der Waals surface area contributed by atoms with Crippen molar-refractivity contribution in [1.29, 1.82) is 0 Å². The van der Waals surface area contributed by atoms with E-state index in [1.165, 1.54) is 7.11 Å². The quantitative estimate of drug-likeness (QED) is 0.435. The molecule has 0 radical (unpaired) electrons. The Morgan fingerprint density at radius 2 is 2.27 bits per heavy atom. The Kier molecular flexibility index (Phi) is 4.70. The van der Waals surface area contributed by atoms with E-state index in [2.05, 4.69) is 4.89 Å². The maximum absolute atomic E-state index is 11.5. The average molecular weight is 216 g/mol. The molecule has 0 amide bonds. The molecule has 0 spiro atoms. The zero-order valence-electron chi connectivity index (χ0n) is 9.49. The summed E-state index contributed by atoms with van der Waals surface area (Å²) in [5.41, 5.74) is 0. The van der Waals surface area contributed by atoms with E-state index in [1.54, 1.807) is 6.92 Å². The van der Waals surface area contributed by atoms with Gasteiger partial charge < -0.3 is 4.74 Å². The summed E-state index contributed by atoms with van der Waals surface area (Å²) in [6.45, 7) is 1.67. The van der Waals surface area contributed by atoms with E-state index in [1.807, 2.05) is 0 Å². The highest BCUT2D eigenvalue weighted by molar-refractivity contribution is 5.81. The van der Waals surface area contributed by atoms with Gasteiger partial charge in [0.2, 0.25) is 0 Å². The first-order valence-electron chi connectivity index (χ1n) is 5.52. The van der Waals surface area contributed by atoms with Crippen LogP contribution in [-0.2, 0) is 14.4 Å².